The predicted octanol–water partition coefficient (Wildman–Crippen LogP) is 4.62. The molecule has 0 aliphatic heterocycles. The number of amides is 1. The van der Waals surface area contributed by atoms with Gasteiger partial charge in [0.05, 0.1) is 18.9 Å². The number of nitrogens with one attached hydrogen (secondary N) is 1. The van der Waals surface area contributed by atoms with E-state index in [4.69, 9.17) is 4.74 Å². The Morgan fingerprint density at radius 1 is 1.10 bits per heavy atom. The van der Waals surface area contributed by atoms with Gasteiger partial charge in [0.1, 0.15) is 5.75 Å². The van der Waals surface area contributed by atoms with Crippen LogP contribution in [-0.4, -0.2) is 28.6 Å². The summed E-state index contributed by atoms with van der Waals surface area (Å²) in [7, 11) is 1.58. The highest BCUT2D eigenvalue weighted by Gasteiger charge is 2.08. The van der Waals surface area contributed by atoms with Crippen LogP contribution in [0, 0.1) is 0 Å². The summed E-state index contributed by atoms with van der Waals surface area (Å²) < 4.78 is 6.85. The second kappa shape index (κ2) is 9.01. The smallest absolute Gasteiger partial charge is 0.255 e. The van der Waals surface area contributed by atoms with E-state index in [2.05, 4.69) is 10.4 Å². The van der Waals surface area contributed by atoms with Gasteiger partial charge in [-0.2, -0.15) is 5.10 Å². The molecule has 0 radical (unpaired) electrons. The molecule has 3 rings (SSSR count). The maximum atomic E-state index is 12.4. The highest BCUT2D eigenvalue weighted by atomic mass is 16.5. The van der Waals surface area contributed by atoms with Crippen LogP contribution in [0.2, 0.25) is 0 Å². The standard InChI is InChI=1S/C23H23N3O3/c1-16(2)26-15-19(14-24-26)22(27)12-7-17-5-4-6-20(13-17)25-23(28)18-8-10-21(29-3)11-9-18/h4-16H,1-3H3,(H,25,28)/b12-7+. The molecule has 6 heteroatoms. The molecule has 3 aromatic rings. The molecule has 0 fully saturated rings. The van der Waals surface area contributed by atoms with Crippen molar-refractivity contribution >= 4 is 23.5 Å². The van der Waals surface area contributed by atoms with Gasteiger partial charge in [0.15, 0.2) is 5.78 Å². The van der Waals surface area contributed by atoms with Gasteiger partial charge in [0.25, 0.3) is 5.91 Å². The van der Waals surface area contributed by atoms with Crippen molar-refractivity contribution in [2.45, 2.75) is 19.9 Å². The zero-order valence-electron chi connectivity index (χ0n) is 16.6. The highest BCUT2D eigenvalue weighted by molar-refractivity contribution is 6.07. The van der Waals surface area contributed by atoms with Crippen molar-refractivity contribution in [3.8, 4) is 5.75 Å². The first-order valence-corrected chi connectivity index (χ1v) is 9.28. The van der Waals surface area contributed by atoms with Crippen LogP contribution in [0.15, 0.2) is 67.0 Å². The number of hydrogen-bond acceptors (Lipinski definition) is 4. The Labute approximate surface area is 169 Å². The molecule has 1 amide bonds. The monoisotopic (exact) mass is 389 g/mol. The summed E-state index contributed by atoms with van der Waals surface area (Å²) in [5.74, 6) is 0.354. The molecule has 0 atom stereocenters. The third-order valence-corrected chi connectivity index (χ3v) is 4.34. The van der Waals surface area contributed by atoms with Crippen molar-refractivity contribution in [1.29, 1.82) is 0 Å². The summed E-state index contributed by atoms with van der Waals surface area (Å²) in [5.41, 5.74) is 2.53. The molecule has 1 heterocycles. The lowest BCUT2D eigenvalue weighted by Crippen LogP contribution is -2.11. The SMILES string of the molecule is COc1ccc(C(=O)Nc2cccc(/C=C/C(=O)c3cnn(C(C)C)c3)c2)cc1. The molecule has 0 saturated heterocycles. The summed E-state index contributed by atoms with van der Waals surface area (Å²) in [6.07, 6.45) is 6.53. The Balaban J connectivity index is 1.67. The zero-order valence-corrected chi connectivity index (χ0v) is 16.6. The summed E-state index contributed by atoms with van der Waals surface area (Å²) >= 11 is 0. The lowest BCUT2D eigenvalue weighted by Gasteiger charge is -2.07. The lowest BCUT2D eigenvalue weighted by atomic mass is 10.1. The Hall–Kier alpha value is -3.67. The molecule has 0 unspecified atom stereocenters. The van der Waals surface area contributed by atoms with E-state index >= 15 is 0 Å². The molecule has 1 N–H and O–H groups in total. The van der Waals surface area contributed by atoms with Crippen LogP contribution < -0.4 is 10.1 Å². The van der Waals surface area contributed by atoms with Crippen LogP contribution in [-0.2, 0) is 0 Å². The van der Waals surface area contributed by atoms with Gasteiger partial charge in [-0.15, -0.1) is 0 Å². The molecular weight excluding hydrogens is 366 g/mol. The van der Waals surface area contributed by atoms with E-state index in [-0.39, 0.29) is 17.7 Å². The molecule has 148 valence electrons. The molecule has 0 aliphatic rings. The van der Waals surface area contributed by atoms with Crippen molar-refractivity contribution in [2.75, 3.05) is 12.4 Å². The third-order valence-electron chi connectivity index (χ3n) is 4.34. The predicted molar refractivity (Wildman–Crippen MR) is 113 cm³/mol. The fraction of sp³-hybridized carbons (Fsp3) is 0.174. The van der Waals surface area contributed by atoms with Gasteiger partial charge in [0, 0.05) is 23.5 Å². The van der Waals surface area contributed by atoms with Gasteiger partial charge >= 0.3 is 0 Å². The highest BCUT2D eigenvalue weighted by Crippen LogP contribution is 2.16. The largest absolute Gasteiger partial charge is 0.497 e. The van der Waals surface area contributed by atoms with Crippen LogP contribution in [0.5, 0.6) is 5.75 Å². The molecule has 0 aliphatic carbocycles. The number of carbonyl (C=O) groups is 2. The second-order valence-electron chi connectivity index (χ2n) is 6.81. The number of ether oxygens (including phenoxy) is 1. The summed E-state index contributed by atoms with van der Waals surface area (Å²) in [5, 5.41) is 7.04. The van der Waals surface area contributed by atoms with Crippen LogP contribution in [0.4, 0.5) is 5.69 Å². The Bertz CT molecular complexity index is 1030. The zero-order chi connectivity index (χ0) is 20.8. The first-order chi connectivity index (χ1) is 14.0. The molecular formula is C23H23N3O3. The molecule has 2 aromatic carbocycles. The quantitative estimate of drug-likeness (QED) is 0.473. The second-order valence-corrected chi connectivity index (χ2v) is 6.81. The molecule has 0 bridgehead atoms. The number of allylic oxidation sites excluding steroid dienone is 1. The number of anilines is 1. The van der Waals surface area contributed by atoms with E-state index in [1.54, 1.807) is 60.6 Å². The molecule has 6 nitrogen and oxygen atoms in total. The van der Waals surface area contributed by atoms with Crippen molar-refractivity contribution in [3.05, 3.63) is 83.7 Å². The first-order valence-electron chi connectivity index (χ1n) is 9.28. The van der Waals surface area contributed by atoms with Crippen LogP contribution in [0.25, 0.3) is 6.08 Å². The van der Waals surface area contributed by atoms with Crippen molar-refractivity contribution < 1.29 is 14.3 Å². The normalized spacial score (nSPS) is 11.0. The number of carbonyl (C=O) groups excluding carboxylic acids is 2. The maximum absolute atomic E-state index is 12.4. The van der Waals surface area contributed by atoms with Gasteiger partial charge in [-0.1, -0.05) is 18.2 Å². The molecule has 29 heavy (non-hydrogen) atoms. The van der Waals surface area contributed by atoms with Gasteiger partial charge in [-0.25, -0.2) is 0 Å². The van der Waals surface area contributed by atoms with E-state index in [0.717, 1.165) is 5.56 Å². The Kier molecular flexibility index (Phi) is 6.24. The topological polar surface area (TPSA) is 73.2 Å². The third kappa shape index (κ3) is 5.19. The summed E-state index contributed by atoms with van der Waals surface area (Å²) in [4.78, 5) is 24.7. The molecule has 0 spiro atoms. The van der Waals surface area contributed by atoms with Crippen molar-refractivity contribution in [3.63, 3.8) is 0 Å². The fourth-order valence-electron chi connectivity index (χ4n) is 2.68. The number of nitrogens with zero attached hydrogens (tertiary/aromatic N) is 2. The maximum Gasteiger partial charge on any atom is 0.255 e. The molecule has 1 aromatic heterocycles. The lowest BCUT2D eigenvalue weighted by molar-refractivity contribution is 0.102. The summed E-state index contributed by atoms with van der Waals surface area (Å²) in [6.45, 7) is 4.01. The first kappa shape index (κ1) is 20.1. The van der Waals surface area contributed by atoms with Crippen LogP contribution in [0.1, 0.15) is 46.2 Å². The van der Waals surface area contributed by atoms with Crippen molar-refractivity contribution in [2.24, 2.45) is 0 Å². The van der Waals surface area contributed by atoms with Crippen LogP contribution >= 0.6 is 0 Å². The minimum absolute atomic E-state index is 0.121. The van der Waals surface area contributed by atoms with E-state index in [0.29, 0.717) is 22.6 Å². The minimum Gasteiger partial charge on any atom is -0.497 e. The number of benzene rings is 2. The average Bonchev–Trinajstić information content (AvgIpc) is 3.23. The van der Waals surface area contributed by atoms with Gasteiger partial charge in [-0.05, 0) is 61.9 Å². The van der Waals surface area contributed by atoms with Gasteiger partial charge in [0.2, 0.25) is 0 Å². The number of aromatic nitrogens is 2. The average molecular weight is 389 g/mol. The number of rotatable bonds is 7. The summed E-state index contributed by atoms with van der Waals surface area (Å²) in [6, 6.07) is 14.4. The fourth-order valence-corrected chi connectivity index (χ4v) is 2.68. The van der Waals surface area contributed by atoms with Crippen LogP contribution in [0.3, 0.4) is 0 Å². The van der Waals surface area contributed by atoms with E-state index in [1.807, 2.05) is 32.0 Å². The molecule has 0 saturated carbocycles. The van der Waals surface area contributed by atoms with E-state index < -0.39 is 0 Å². The van der Waals surface area contributed by atoms with Gasteiger partial charge in [-0.3, -0.25) is 14.3 Å². The van der Waals surface area contributed by atoms with Crippen molar-refractivity contribution in [1.82, 2.24) is 9.78 Å². The minimum atomic E-state index is -0.217. The number of methoxy groups -OCH3 is 1. The van der Waals surface area contributed by atoms with E-state index in [9.17, 15) is 9.59 Å². The number of hydrogen-bond donors (Lipinski definition) is 1. The Morgan fingerprint density at radius 3 is 2.52 bits per heavy atom. The number of ketones is 1. The van der Waals surface area contributed by atoms with E-state index in [1.165, 1.54) is 6.08 Å². The Morgan fingerprint density at radius 2 is 1.86 bits per heavy atom. The van der Waals surface area contributed by atoms with Gasteiger partial charge < -0.3 is 10.1 Å².